The van der Waals surface area contributed by atoms with Gasteiger partial charge in [-0.15, -0.1) is 0 Å². The molecule has 0 radical (unpaired) electrons. The van der Waals surface area contributed by atoms with Crippen molar-refractivity contribution in [3.8, 4) is 0 Å². The number of amides is 1. The number of carbonyl (C=O) groups excluding carboxylic acids is 2. The van der Waals surface area contributed by atoms with Crippen LogP contribution in [0.5, 0.6) is 0 Å². The van der Waals surface area contributed by atoms with E-state index in [2.05, 4.69) is 0 Å². The third-order valence-corrected chi connectivity index (χ3v) is 5.72. The molecule has 2 saturated carbocycles. The molecular formula is C19H23NO3. The minimum Gasteiger partial charge on any atom is -0.377 e. The van der Waals surface area contributed by atoms with Gasteiger partial charge in [0.15, 0.2) is 5.78 Å². The Morgan fingerprint density at radius 1 is 1.13 bits per heavy atom. The average molecular weight is 313 g/mol. The van der Waals surface area contributed by atoms with Gasteiger partial charge in [-0.2, -0.15) is 0 Å². The lowest BCUT2D eigenvalue weighted by molar-refractivity contribution is -0.142. The molecule has 3 aliphatic rings. The summed E-state index contributed by atoms with van der Waals surface area (Å²) in [4.78, 5) is 27.3. The zero-order valence-electron chi connectivity index (χ0n) is 13.3. The zero-order valence-corrected chi connectivity index (χ0v) is 13.3. The maximum absolute atomic E-state index is 12.9. The van der Waals surface area contributed by atoms with Gasteiger partial charge in [0, 0.05) is 24.4 Å². The van der Waals surface area contributed by atoms with Crippen molar-refractivity contribution in [2.75, 3.05) is 19.8 Å². The molecule has 122 valence electrons. The van der Waals surface area contributed by atoms with Crippen LogP contribution in [-0.4, -0.2) is 42.4 Å². The summed E-state index contributed by atoms with van der Waals surface area (Å²) in [6, 6.07) is 9.22. The molecule has 1 aliphatic heterocycles. The predicted octanol–water partition coefficient (Wildman–Crippen LogP) is 2.53. The van der Waals surface area contributed by atoms with E-state index in [4.69, 9.17) is 4.74 Å². The Morgan fingerprint density at radius 3 is 2.61 bits per heavy atom. The summed E-state index contributed by atoms with van der Waals surface area (Å²) in [6.07, 6.45) is 4.05. The smallest absolute Gasteiger partial charge is 0.226 e. The standard InChI is InChI=1S/C19H23NO3/c21-17(13-5-2-1-3-6-13)11-14-12-23-10-9-20(14)19(22)18-15-7-4-8-16(15)18/h1-3,5-6,14-16,18H,4,7-12H2/t14-,15-,16-/m0/s1. The normalized spacial score (nSPS) is 32.4. The number of hydrogen-bond donors (Lipinski definition) is 0. The first-order valence-electron chi connectivity index (χ1n) is 8.72. The molecule has 1 aromatic carbocycles. The van der Waals surface area contributed by atoms with Crippen molar-refractivity contribution in [3.05, 3.63) is 35.9 Å². The largest absolute Gasteiger partial charge is 0.377 e. The summed E-state index contributed by atoms with van der Waals surface area (Å²) in [7, 11) is 0. The van der Waals surface area contributed by atoms with Gasteiger partial charge >= 0.3 is 0 Å². The van der Waals surface area contributed by atoms with Crippen molar-refractivity contribution < 1.29 is 14.3 Å². The number of Topliss-reactive ketones (excluding diaryl/α,β-unsaturated/α-hetero) is 1. The van der Waals surface area contributed by atoms with Crippen LogP contribution in [0.2, 0.25) is 0 Å². The van der Waals surface area contributed by atoms with E-state index in [9.17, 15) is 9.59 Å². The molecule has 23 heavy (non-hydrogen) atoms. The molecule has 0 bridgehead atoms. The van der Waals surface area contributed by atoms with Crippen LogP contribution < -0.4 is 0 Å². The Morgan fingerprint density at radius 2 is 1.87 bits per heavy atom. The van der Waals surface area contributed by atoms with Gasteiger partial charge in [0.1, 0.15) is 0 Å². The number of morpholine rings is 1. The topological polar surface area (TPSA) is 46.6 Å². The van der Waals surface area contributed by atoms with Crippen LogP contribution in [-0.2, 0) is 9.53 Å². The summed E-state index contributed by atoms with van der Waals surface area (Å²) < 4.78 is 5.55. The molecule has 0 spiro atoms. The second-order valence-electron chi connectivity index (χ2n) is 7.04. The number of hydrogen-bond acceptors (Lipinski definition) is 3. The van der Waals surface area contributed by atoms with Crippen LogP contribution in [0.15, 0.2) is 30.3 Å². The highest BCUT2D eigenvalue weighted by molar-refractivity contribution is 5.96. The first-order valence-corrected chi connectivity index (χ1v) is 8.72. The van der Waals surface area contributed by atoms with Gasteiger partial charge in [0.25, 0.3) is 0 Å². The SMILES string of the molecule is O=C(C[C@H]1COCCN1C(=O)C1[C@H]2CCC[C@H]12)c1ccccc1. The van der Waals surface area contributed by atoms with Crippen LogP contribution in [0.25, 0.3) is 0 Å². The Balaban J connectivity index is 1.43. The molecule has 4 rings (SSSR count). The average Bonchev–Trinajstić information content (AvgIpc) is 3.07. The van der Waals surface area contributed by atoms with E-state index in [0.29, 0.717) is 43.6 Å². The number of nitrogens with zero attached hydrogens (tertiary/aromatic N) is 1. The van der Waals surface area contributed by atoms with Crippen molar-refractivity contribution in [2.45, 2.75) is 31.7 Å². The first-order chi connectivity index (χ1) is 11.3. The van der Waals surface area contributed by atoms with Gasteiger partial charge < -0.3 is 9.64 Å². The number of ether oxygens (including phenoxy) is 1. The molecule has 1 heterocycles. The van der Waals surface area contributed by atoms with Crippen LogP contribution >= 0.6 is 0 Å². The van der Waals surface area contributed by atoms with E-state index in [1.165, 1.54) is 19.3 Å². The minimum atomic E-state index is -0.106. The fraction of sp³-hybridized carbons (Fsp3) is 0.579. The van der Waals surface area contributed by atoms with Crippen molar-refractivity contribution in [2.24, 2.45) is 17.8 Å². The highest BCUT2D eigenvalue weighted by Gasteiger charge is 2.58. The van der Waals surface area contributed by atoms with Crippen LogP contribution in [0, 0.1) is 17.8 Å². The number of fused-ring (bicyclic) bond motifs is 1. The molecule has 0 N–H and O–H groups in total. The van der Waals surface area contributed by atoms with Gasteiger partial charge in [-0.1, -0.05) is 36.8 Å². The van der Waals surface area contributed by atoms with Crippen molar-refractivity contribution in [1.82, 2.24) is 4.90 Å². The molecule has 0 unspecified atom stereocenters. The molecule has 1 saturated heterocycles. The second-order valence-corrected chi connectivity index (χ2v) is 7.04. The fourth-order valence-electron chi connectivity index (χ4n) is 4.45. The number of carbonyl (C=O) groups is 2. The highest BCUT2D eigenvalue weighted by Crippen LogP contribution is 2.58. The van der Waals surface area contributed by atoms with E-state index < -0.39 is 0 Å². The summed E-state index contributed by atoms with van der Waals surface area (Å²) in [5, 5.41) is 0. The number of rotatable bonds is 4. The Bertz CT molecular complexity index is 590. The van der Waals surface area contributed by atoms with Gasteiger partial charge in [0.2, 0.25) is 5.91 Å². The molecule has 4 nitrogen and oxygen atoms in total. The lowest BCUT2D eigenvalue weighted by Crippen LogP contribution is -2.50. The quantitative estimate of drug-likeness (QED) is 0.803. The fourth-order valence-corrected chi connectivity index (χ4v) is 4.45. The Labute approximate surface area is 136 Å². The van der Waals surface area contributed by atoms with Gasteiger partial charge in [-0.3, -0.25) is 9.59 Å². The van der Waals surface area contributed by atoms with Gasteiger partial charge in [0.05, 0.1) is 19.3 Å². The van der Waals surface area contributed by atoms with E-state index in [-0.39, 0.29) is 23.7 Å². The lowest BCUT2D eigenvalue weighted by atomic mass is 10.0. The lowest BCUT2D eigenvalue weighted by Gasteiger charge is -2.36. The summed E-state index contributed by atoms with van der Waals surface area (Å²) in [5.41, 5.74) is 0.716. The monoisotopic (exact) mass is 313 g/mol. The van der Waals surface area contributed by atoms with E-state index in [0.717, 1.165) is 0 Å². The maximum atomic E-state index is 12.9. The number of ketones is 1. The van der Waals surface area contributed by atoms with Crippen molar-refractivity contribution in [3.63, 3.8) is 0 Å². The summed E-state index contributed by atoms with van der Waals surface area (Å²) >= 11 is 0. The molecular weight excluding hydrogens is 290 g/mol. The zero-order chi connectivity index (χ0) is 15.8. The molecule has 4 heteroatoms. The van der Waals surface area contributed by atoms with E-state index in [1.54, 1.807) is 0 Å². The Kier molecular flexibility index (Phi) is 3.93. The van der Waals surface area contributed by atoms with E-state index >= 15 is 0 Å². The van der Waals surface area contributed by atoms with Crippen LogP contribution in [0.1, 0.15) is 36.0 Å². The summed E-state index contributed by atoms with van der Waals surface area (Å²) in [6.45, 7) is 1.69. The van der Waals surface area contributed by atoms with E-state index in [1.807, 2.05) is 35.2 Å². The Hall–Kier alpha value is -1.68. The molecule has 1 aromatic rings. The third kappa shape index (κ3) is 2.80. The number of benzene rings is 1. The molecule has 3 fully saturated rings. The minimum absolute atomic E-state index is 0.0925. The second kappa shape index (κ2) is 6.08. The van der Waals surface area contributed by atoms with Gasteiger partial charge in [-0.25, -0.2) is 0 Å². The molecule has 2 aliphatic carbocycles. The predicted molar refractivity (Wildman–Crippen MR) is 86.0 cm³/mol. The van der Waals surface area contributed by atoms with Gasteiger partial charge in [-0.05, 0) is 24.7 Å². The van der Waals surface area contributed by atoms with Crippen LogP contribution in [0.3, 0.4) is 0 Å². The molecule has 3 atom stereocenters. The molecule has 1 amide bonds. The molecule has 0 aromatic heterocycles. The first kappa shape index (κ1) is 14.9. The third-order valence-electron chi connectivity index (χ3n) is 5.72. The highest BCUT2D eigenvalue weighted by atomic mass is 16.5. The van der Waals surface area contributed by atoms with Crippen LogP contribution in [0.4, 0.5) is 0 Å². The maximum Gasteiger partial charge on any atom is 0.226 e. The van der Waals surface area contributed by atoms with Crippen molar-refractivity contribution in [1.29, 1.82) is 0 Å². The summed E-state index contributed by atoms with van der Waals surface area (Å²) in [5.74, 6) is 1.84. The van der Waals surface area contributed by atoms with Crippen molar-refractivity contribution >= 4 is 11.7 Å².